The smallest absolute Gasteiger partial charge is 0.326 e. The van der Waals surface area contributed by atoms with Crippen LogP contribution in [-0.4, -0.2) is 16.8 Å². The van der Waals surface area contributed by atoms with Crippen LogP contribution in [0, 0.1) is 5.92 Å². The summed E-state index contributed by atoms with van der Waals surface area (Å²) in [6.45, 7) is 3.57. The van der Waals surface area contributed by atoms with E-state index in [4.69, 9.17) is 0 Å². The van der Waals surface area contributed by atoms with Crippen LogP contribution in [0.3, 0.4) is 0 Å². The Balaban J connectivity index is 1.69. The van der Waals surface area contributed by atoms with Gasteiger partial charge in [-0.05, 0) is 36.4 Å². The van der Waals surface area contributed by atoms with Crippen molar-refractivity contribution in [3.05, 3.63) is 65.2 Å². The van der Waals surface area contributed by atoms with Crippen molar-refractivity contribution in [3.63, 3.8) is 0 Å². The zero-order valence-corrected chi connectivity index (χ0v) is 16.9. The third-order valence-corrected chi connectivity index (χ3v) is 5.00. The second-order valence-corrected chi connectivity index (χ2v) is 7.65. The first-order valence-electron chi connectivity index (χ1n) is 8.99. The number of benzene rings is 2. The summed E-state index contributed by atoms with van der Waals surface area (Å²) in [5.74, 6) is -0.750. The van der Waals surface area contributed by atoms with Gasteiger partial charge >= 0.3 is 6.18 Å². The molecule has 5 nitrogen and oxygen atoms in total. The summed E-state index contributed by atoms with van der Waals surface area (Å²) in [5, 5.41) is 7.23. The van der Waals surface area contributed by atoms with E-state index in [9.17, 15) is 22.8 Å². The molecule has 3 rings (SSSR count). The highest BCUT2D eigenvalue weighted by Crippen LogP contribution is 2.33. The summed E-state index contributed by atoms with van der Waals surface area (Å²) < 4.78 is 38.7. The normalized spacial score (nSPS) is 11.4. The molecule has 0 saturated heterocycles. The molecule has 0 unspecified atom stereocenters. The maximum atomic E-state index is 12.9. The highest BCUT2D eigenvalue weighted by Gasteiger charge is 2.30. The number of carbonyl (C=O) groups excluding carboxylic acids is 2. The van der Waals surface area contributed by atoms with Gasteiger partial charge in [0.1, 0.15) is 10.7 Å². The van der Waals surface area contributed by atoms with E-state index in [2.05, 4.69) is 15.6 Å². The Morgan fingerprint density at radius 1 is 1.00 bits per heavy atom. The van der Waals surface area contributed by atoms with E-state index in [1.54, 1.807) is 38.1 Å². The number of thiazole rings is 1. The summed E-state index contributed by atoms with van der Waals surface area (Å²) in [4.78, 5) is 28.3. The van der Waals surface area contributed by atoms with Crippen LogP contribution in [-0.2, 0) is 11.0 Å². The van der Waals surface area contributed by atoms with E-state index in [-0.39, 0.29) is 17.5 Å². The van der Waals surface area contributed by atoms with Gasteiger partial charge in [-0.2, -0.15) is 13.2 Å². The predicted octanol–water partition coefficient (Wildman–Crippen LogP) is 5.68. The summed E-state index contributed by atoms with van der Waals surface area (Å²) in [6.07, 6.45) is -4.45. The number of hydrogen-bond donors (Lipinski definition) is 2. The number of anilines is 2. The van der Waals surface area contributed by atoms with Crippen molar-refractivity contribution in [2.45, 2.75) is 20.0 Å². The Bertz CT molecular complexity index is 1060. The first-order valence-corrected chi connectivity index (χ1v) is 9.87. The molecule has 156 valence electrons. The lowest BCUT2D eigenvalue weighted by Gasteiger charge is -2.09. The Morgan fingerprint density at radius 3 is 2.23 bits per heavy atom. The van der Waals surface area contributed by atoms with Gasteiger partial charge < -0.3 is 10.6 Å². The van der Waals surface area contributed by atoms with Gasteiger partial charge in [0.15, 0.2) is 0 Å². The maximum Gasteiger partial charge on any atom is 0.416 e. The zero-order chi connectivity index (χ0) is 21.9. The summed E-state index contributed by atoms with van der Waals surface area (Å²) in [7, 11) is 0. The molecule has 2 aromatic carbocycles. The summed E-state index contributed by atoms with van der Waals surface area (Å²) in [5.41, 5.74) is 0.720. The van der Waals surface area contributed by atoms with Crippen molar-refractivity contribution in [1.29, 1.82) is 0 Å². The van der Waals surface area contributed by atoms with Crippen LogP contribution in [0.4, 0.5) is 24.5 Å². The Hall–Kier alpha value is -3.20. The van der Waals surface area contributed by atoms with Gasteiger partial charge in [0, 0.05) is 28.2 Å². The van der Waals surface area contributed by atoms with Gasteiger partial charge in [-0.25, -0.2) is 4.98 Å². The second-order valence-electron chi connectivity index (χ2n) is 6.79. The van der Waals surface area contributed by atoms with Crippen LogP contribution in [0.2, 0.25) is 0 Å². The number of halogens is 3. The van der Waals surface area contributed by atoms with E-state index in [0.717, 1.165) is 23.5 Å². The lowest BCUT2D eigenvalue weighted by molar-refractivity contribution is -0.137. The van der Waals surface area contributed by atoms with Gasteiger partial charge in [0.05, 0.1) is 5.56 Å². The largest absolute Gasteiger partial charge is 0.416 e. The fourth-order valence-corrected chi connectivity index (χ4v) is 3.25. The van der Waals surface area contributed by atoms with Crippen LogP contribution in [0.1, 0.15) is 29.9 Å². The predicted molar refractivity (Wildman–Crippen MR) is 110 cm³/mol. The standard InChI is InChI=1S/C21H18F3N3O2S/c1-12(2)18(28)25-15-6-8-16(9-7-15)26-19(29)17-11-30-20(27-17)13-4-3-5-14(10-13)21(22,23)24/h3-12H,1-2H3,(H,25,28)(H,26,29). The molecule has 1 aromatic heterocycles. The first kappa shape index (κ1) is 21.5. The lowest BCUT2D eigenvalue weighted by Crippen LogP contribution is -2.17. The summed E-state index contributed by atoms with van der Waals surface area (Å²) in [6, 6.07) is 11.4. The molecule has 0 aliphatic heterocycles. The van der Waals surface area contributed by atoms with Crippen LogP contribution >= 0.6 is 11.3 Å². The van der Waals surface area contributed by atoms with Gasteiger partial charge in [0.25, 0.3) is 5.91 Å². The van der Waals surface area contributed by atoms with E-state index >= 15 is 0 Å². The molecule has 3 aromatic rings. The number of nitrogens with one attached hydrogen (secondary N) is 2. The number of rotatable bonds is 5. The average Bonchev–Trinajstić information content (AvgIpc) is 3.19. The van der Waals surface area contributed by atoms with E-state index in [0.29, 0.717) is 21.9 Å². The number of aromatic nitrogens is 1. The van der Waals surface area contributed by atoms with Crippen molar-refractivity contribution in [3.8, 4) is 10.6 Å². The number of amides is 2. The van der Waals surface area contributed by atoms with Crippen LogP contribution in [0.15, 0.2) is 53.9 Å². The third-order valence-electron chi connectivity index (χ3n) is 4.11. The lowest BCUT2D eigenvalue weighted by atomic mass is 10.1. The molecule has 0 saturated carbocycles. The van der Waals surface area contributed by atoms with Crippen LogP contribution in [0.25, 0.3) is 10.6 Å². The van der Waals surface area contributed by atoms with Crippen molar-refractivity contribution in [2.75, 3.05) is 10.6 Å². The molecule has 0 spiro atoms. The second kappa shape index (κ2) is 8.66. The van der Waals surface area contributed by atoms with E-state index < -0.39 is 17.6 Å². The molecule has 0 bridgehead atoms. The maximum absolute atomic E-state index is 12.9. The SMILES string of the molecule is CC(C)C(=O)Nc1ccc(NC(=O)c2csc(-c3cccc(C(F)(F)F)c3)n2)cc1. The average molecular weight is 433 g/mol. The Labute approximate surface area is 175 Å². The molecule has 9 heteroatoms. The minimum atomic E-state index is -4.45. The fourth-order valence-electron chi connectivity index (χ4n) is 2.46. The number of alkyl halides is 3. The topological polar surface area (TPSA) is 71.1 Å². The zero-order valence-electron chi connectivity index (χ0n) is 16.1. The van der Waals surface area contributed by atoms with Gasteiger partial charge in [-0.15, -0.1) is 11.3 Å². The summed E-state index contributed by atoms with van der Waals surface area (Å²) >= 11 is 1.09. The molecule has 0 aliphatic rings. The van der Waals surface area contributed by atoms with Gasteiger partial charge in [0.2, 0.25) is 5.91 Å². The molecule has 1 heterocycles. The van der Waals surface area contributed by atoms with E-state index in [1.807, 2.05) is 0 Å². The number of nitrogens with zero attached hydrogens (tertiary/aromatic N) is 1. The highest BCUT2D eigenvalue weighted by atomic mass is 32.1. The third kappa shape index (κ3) is 5.24. The van der Waals surface area contributed by atoms with Crippen molar-refractivity contribution < 1.29 is 22.8 Å². The minimum absolute atomic E-state index is 0.101. The quantitative estimate of drug-likeness (QED) is 0.544. The molecule has 0 radical (unpaired) electrons. The molecular formula is C21H18F3N3O2S. The fraction of sp³-hybridized carbons (Fsp3) is 0.190. The van der Waals surface area contributed by atoms with Crippen molar-refractivity contribution >= 4 is 34.5 Å². The molecule has 0 atom stereocenters. The number of hydrogen-bond acceptors (Lipinski definition) is 4. The van der Waals surface area contributed by atoms with E-state index in [1.165, 1.54) is 17.5 Å². The Kier molecular flexibility index (Phi) is 6.21. The molecule has 0 aliphatic carbocycles. The molecule has 0 fully saturated rings. The molecule has 30 heavy (non-hydrogen) atoms. The first-order chi connectivity index (χ1) is 14.1. The van der Waals surface area contributed by atoms with Crippen molar-refractivity contribution in [2.24, 2.45) is 5.92 Å². The Morgan fingerprint density at radius 2 is 1.63 bits per heavy atom. The van der Waals surface area contributed by atoms with Crippen LogP contribution < -0.4 is 10.6 Å². The molecule has 2 amide bonds. The molecule has 2 N–H and O–H groups in total. The van der Waals surface area contributed by atoms with Gasteiger partial charge in [-0.1, -0.05) is 26.0 Å². The minimum Gasteiger partial charge on any atom is -0.326 e. The number of carbonyl (C=O) groups is 2. The van der Waals surface area contributed by atoms with Crippen molar-refractivity contribution in [1.82, 2.24) is 4.98 Å². The molecular weight excluding hydrogens is 415 g/mol. The highest BCUT2D eigenvalue weighted by molar-refractivity contribution is 7.13. The monoisotopic (exact) mass is 433 g/mol. The van der Waals surface area contributed by atoms with Crippen LogP contribution in [0.5, 0.6) is 0 Å². The van der Waals surface area contributed by atoms with Gasteiger partial charge in [-0.3, -0.25) is 9.59 Å².